The molecule has 26 heavy (non-hydrogen) atoms. The van der Waals surface area contributed by atoms with E-state index in [0.29, 0.717) is 0 Å². The number of hydrogen-bond acceptors (Lipinski definition) is 4. The van der Waals surface area contributed by atoms with Crippen LogP contribution in [0.5, 0.6) is 0 Å². The monoisotopic (exact) mass is 366 g/mol. The summed E-state index contributed by atoms with van der Waals surface area (Å²) >= 11 is 1.69. The minimum atomic E-state index is 0.00116. The largest absolute Gasteiger partial charge is 0.353 e. The van der Waals surface area contributed by atoms with Crippen molar-refractivity contribution in [2.75, 3.05) is 18.0 Å². The van der Waals surface area contributed by atoms with E-state index in [1.165, 1.54) is 10.4 Å². The van der Waals surface area contributed by atoms with E-state index in [9.17, 15) is 4.79 Å². The predicted molar refractivity (Wildman–Crippen MR) is 106 cm³/mol. The van der Waals surface area contributed by atoms with Gasteiger partial charge in [0.1, 0.15) is 0 Å². The van der Waals surface area contributed by atoms with Crippen molar-refractivity contribution in [3.63, 3.8) is 0 Å². The van der Waals surface area contributed by atoms with Crippen LogP contribution >= 0.6 is 11.3 Å². The van der Waals surface area contributed by atoms with Crippen LogP contribution < -0.4 is 10.2 Å². The number of nitrogens with one attached hydrogen (secondary N) is 2. The molecular formula is C20H22N4OS. The number of aryl methyl sites for hydroxylation is 2. The molecule has 1 aliphatic heterocycles. The van der Waals surface area contributed by atoms with Gasteiger partial charge in [0, 0.05) is 30.8 Å². The van der Waals surface area contributed by atoms with Crippen molar-refractivity contribution >= 4 is 23.1 Å². The van der Waals surface area contributed by atoms with Crippen molar-refractivity contribution in [3.8, 4) is 10.6 Å². The number of aromatic amines is 1. The second-order valence-electron chi connectivity index (χ2n) is 6.82. The number of anilines is 1. The molecule has 0 saturated carbocycles. The molecule has 134 valence electrons. The standard InChI is InChI=1S/C20H22N4OS/c1-13-5-6-15(10-14(13)2)20(25)21-16-7-8-24(12-16)19-11-17(22-23-19)18-4-3-9-26-18/h3-6,9-11,16H,7-8,12H2,1-2H3,(H,21,25)(H,22,23)/t16-/m1/s1. The van der Waals surface area contributed by atoms with E-state index in [4.69, 9.17) is 0 Å². The smallest absolute Gasteiger partial charge is 0.251 e. The minimum Gasteiger partial charge on any atom is -0.353 e. The zero-order valence-corrected chi connectivity index (χ0v) is 15.8. The molecule has 6 heteroatoms. The molecule has 1 amide bonds. The summed E-state index contributed by atoms with van der Waals surface area (Å²) in [6, 6.07) is 12.2. The molecular weight excluding hydrogens is 344 g/mol. The van der Waals surface area contributed by atoms with Crippen molar-refractivity contribution in [1.29, 1.82) is 0 Å². The topological polar surface area (TPSA) is 61.0 Å². The van der Waals surface area contributed by atoms with Crippen molar-refractivity contribution in [1.82, 2.24) is 15.5 Å². The Morgan fingerprint density at radius 1 is 1.27 bits per heavy atom. The molecule has 3 heterocycles. The van der Waals surface area contributed by atoms with Gasteiger partial charge < -0.3 is 10.2 Å². The van der Waals surface area contributed by atoms with Gasteiger partial charge in [0.25, 0.3) is 5.91 Å². The number of aromatic nitrogens is 2. The maximum absolute atomic E-state index is 12.5. The number of nitrogens with zero attached hydrogens (tertiary/aromatic N) is 2. The lowest BCUT2D eigenvalue weighted by molar-refractivity contribution is 0.0940. The second kappa shape index (κ2) is 6.96. The molecule has 1 aromatic carbocycles. The first-order chi connectivity index (χ1) is 12.6. The maximum Gasteiger partial charge on any atom is 0.251 e. The predicted octanol–water partition coefficient (Wildman–Crippen LogP) is 3.76. The Hall–Kier alpha value is -2.60. The number of H-pyrrole nitrogens is 1. The maximum atomic E-state index is 12.5. The molecule has 1 atom stereocenters. The number of rotatable bonds is 4. The van der Waals surface area contributed by atoms with Gasteiger partial charge in [-0.25, -0.2) is 0 Å². The van der Waals surface area contributed by atoms with E-state index < -0.39 is 0 Å². The Morgan fingerprint density at radius 3 is 2.92 bits per heavy atom. The van der Waals surface area contributed by atoms with Crippen molar-refractivity contribution in [2.45, 2.75) is 26.3 Å². The lowest BCUT2D eigenvalue weighted by atomic mass is 10.1. The normalized spacial score (nSPS) is 16.8. The highest BCUT2D eigenvalue weighted by atomic mass is 32.1. The number of carbonyl (C=O) groups excluding carboxylic acids is 1. The van der Waals surface area contributed by atoms with Gasteiger partial charge in [-0.3, -0.25) is 9.89 Å². The number of benzene rings is 1. The highest BCUT2D eigenvalue weighted by Crippen LogP contribution is 2.27. The average Bonchev–Trinajstić information content (AvgIpc) is 3.37. The fraction of sp³-hybridized carbons (Fsp3) is 0.300. The van der Waals surface area contributed by atoms with Crippen molar-refractivity contribution in [3.05, 3.63) is 58.5 Å². The van der Waals surface area contributed by atoms with Crippen LogP contribution in [0.1, 0.15) is 27.9 Å². The molecule has 0 spiro atoms. The van der Waals surface area contributed by atoms with E-state index >= 15 is 0 Å². The highest BCUT2D eigenvalue weighted by Gasteiger charge is 2.26. The third-order valence-corrected chi connectivity index (χ3v) is 5.87. The molecule has 3 aromatic rings. The van der Waals surface area contributed by atoms with Gasteiger partial charge >= 0.3 is 0 Å². The van der Waals surface area contributed by atoms with Gasteiger partial charge in [-0.05, 0) is 55.0 Å². The summed E-state index contributed by atoms with van der Waals surface area (Å²) in [5.41, 5.74) is 4.11. The fourth-order valence-electron chi connectivity index (χ4n) is 3.27. The average molecular weight is 366 g/mol. The van der Waals surface area contributed by atoms with E-state index in [0.717, 1.165) is 42.1 Å². The number of hydrogen-bond donors (Lipinski definition) is 2. The molecule has 0 radical (unpaired) electrons. The zero-order valence-electron chi connectivity index (χ0n) is 15.0. The third-order valence-electron chi connectivity index (χ3n) is 4.97. The summed E-state index contributed by atoms with van der Waals surface area (Å²) in [4.78, 5) is 15.9. The van der Waals surface area contributed by atoms with Crippen LogP contribution in [0.2, 0.25) is 0 Å². The van der Waals surface area contributed by atoms with Crippen molar-refractivity contribution in [2.24, 2.45) is 0 Å². The quantitative estimate of drug-likeness (QED) is 0.739. The lowest BCUT2D eigenvalue weighted by Gasteiger charge is -2.16. The molecule has 1 fully saturated rings. The molecule has 2 N–H and O–H groups in total. The number of thiophene rings is 1. The summed E-state index contributed by atoms with van der Waals surface area (Å²) in [5, 5.41) is 12.8. The Morgan fingerprint density at radius 2 is 2.15 bits per heavy atom. The Labute approximate surface area is 157 Å². The van der Waals surface area contributed by atoms with Crippen LogP contribution in [0.25, 0.3) is 10.6 Å². The Bertz CT molecular complexity index is 916. The first-order valence-corrected chi connectivity index (χ1v) is 9.70. The molecule has 4 rings (SSSR count). The minimum absolute atomic E-state index is 0.00116. The first kappa shape index (κ1) is 16.8. The van der Waals surface area contributed by atoms with Gasteiger partial charge in [-0.1, -0.05) is 12.1 Å². The summed E-state index contributed by atoms with van der Waals surface area (Å²) in [6.45, 7) is 5.77. The Kier molecular flexibility index (Phi) is 4.51. The van der Waals surface area contributed by atoms with E-state index in [-0.39, 0.29) is 11.9 Å². The van der Waals surface area contributed by atoms with Gasteiger partial charge in [-0.2, -0.15) is 5.10 Å². The van der Waals surface area contributed by atoms with Crippen LogP contribution in [-0.2, 0) is 0 Å². The number of amides is 1. The molecule has 1 saturated heterocycles. The summed E-state index contributed by atoms with van der Waals surface area (Å²) in [7, 11) is 0. The molecule has 1 aliphatic rings. The lowest BCUT2D eigenvalue weighted by Crippen LogP contribution is -2.37. The SMILES string of the molecule is Cc1ccc(C(=O)N[C@@H]2CCN(c3cc(-c4cccs4)[nH]n3)C2)cc1C. The Balaban J connectivity index is 1.39. The van der Waals surface area contributed by atoms with E-state index in [2.05, 4.69) is 44.9 Å². The molecule has 0 unspecified atom stereocenters. The summed E-state index contributed by atoms with van der Waals surface area (Å²) in [6.07, 6.45) is 0.928. The highest BCUT2D eigenvalue weighted by molar-refractivity contribution is 7.13. The fourth-order valence-corrected chi connectivity index (χ4v) is 3.96. The van der Waals surface area contributed by atoms with Gasteiger partial charge in [0.15, 0.2) is 5.82 Å². The summed E-state index contributed by atoms with van der Waals surface area (Å²) < 4.78 is 0. The second-order valence-corrected chi connectivity index (χ2v) is 7.77. The van der Waals surface area contributed by atoms with Crippen LogP contribution in [0.3, 0.4) is 0 Å². The molecule has 0 aliphatic carbocycles. The molecule has 0 bridgehead atoms. The first-order valence-electron chi connectivity index (χ1n) is 8.82. The van der Waals surface area contributed by atoms with Gasteiger partial charge in [-0.15, -0.1) is 11.3 Å². The van der Waals surface area contributed by atoms with Crippen LogP contribution in [0.4, 0.5) is 5.82 Å². The third kappa shape index (κ3) is 3.37. The van der Waals surface area contributed by atoms with E-state index in [1.54, 1.807) is 11.3 Å². The summed E-state index contributed by atoms with van der Waals surface area (Å²) in [5.74, 6) is 0.942. The van der Waals surface area contributed by atoms with Crippen molar-refractivity contribution < 1.29 is 4.79 Å². The van der Waals surface area contributed by atoms with Crippen LogP contribution in [0.15, 0.2) is 41.8 Å². The number of carbonyl (C=O) groups is 1. The molecule has 2 aromatic heterocycles. The molecule has 5 nitrogen and oxygen atoms in total. The van der Waals surface area contributed by atoms with Crippen LogP contribution in [0, 0.1) is 13.8 Å². The van der Waals surface area contributed by atoms with Gasteiger partial charge in [0.2, 0.25) is 0 Å². The van der Waals surface area contributed by atoms with Crippen LogP contribution in [-0.4, -0.2) is 35.2 Å². The zero-order chi connectivity index (χ0) is 18.1. The van der Waals surface area contributed by atoms with E-state index in [1.807, 2.05) is 31.2 Å². The van der Waals surface area contributed by atoms with Gasteiger partial charge in [0.05, 0.1) is 10.6 Å².